The van der Waals surface area contributed by atoms with Crippen LogP contribution in [-0.4, -0.2) is 20.9 Å². The lowest BCUT2D eigenvalue weighted by molar-refractivity contribution is 0.986. The molecular formula is C11H11N5S. The van der Waals surface area contributed by atoms with E-state index in [1.54, 1.807) is 19.2 Å². The molecule has 0 bridgehead atoms. The van der Waals surface area contributed by atoms with Crippen LogP contribution < -0.4 is 5.32 Å². The Labute approximate surface area is 103 Å². The van der Waals surface area contributed by atoms with Crippen LogP contribution in [0.25, 0.3) is 0 Å². The summed E-state index contributed by atoms with van der Waals surface area (Å²) in [5, 5.41) is 12.0. The Balaban J connectivity index is 1.95. The molecular weight excluding hydrogens is 234 g/mol. The lowest BCUT2D eigenvalue weighted by Crippen LogP contribution is -2.07. The van der Waals surface area contributed by atoms with E-state index in [0.29, 0.717) is 17.3 Å². The molecule has 0 saturated carbocycles. The summed E-state index contributed by atoms with van der Waals surface area (Å²) >= 11 is 1.49. The van der Waals surface area contributed by atoms with Gasteiger partial charge in [-0.3, -0.25) is 0 Å². The summed E-state index contributed by atoms with van der Waals surface area (Å²) in [4.78, 5) is 9.43. The standard InChI is InChI=1S/C11H11N5S/c1-8-15-9(7-12)6-11(16-8)13-4-2-10-3-5-14-17-10/h3,5-6H,2,4H2,1H3,(H,13,15,16). The second kappa shape index (κ2) is 5.37. The van der Waals surface area contributed by atoms with E-state index in [2.05, 4.69) is 19.7 Å². The van der Waals surface area contributed by atoms with Gasteiger partial charge in [-0.1, -0.05) is 0 Å². The van der Waals surface area contributed by atoms with E-state index in [1.165, 1.54) is 16.4 Å². The minimum absolute atomic E-state index is 0.387. The van der Waals surface area contributed by atoms with Crippen molar-refractivity contribution in [2.75, 3.05) is 11.9 Å². The van der Waals surface area contributed by atoms with E-state index in [1.807, 2.05) is 12.1 Å². The molecule has 2 rings (SSSR count). The minimum Gasteiger partial charge on any atom is -0.370 e. The van der Waals surface area contributed by atoms with Gasteiger partial charge >= 0.3 is 0 Å². The van der Waals surface area contributed by atoms with Crippen LogP contribution in [0.3, 0.4) is 0 Å². The summed E-state index contributed by atoms with van der Waals surface area (Å²) in [6.07, 6.45) is 2.69. The monoisotopic (exact) mass is 245 g/mol. The van der Waals surface area contributed by atoms with Gasteiger partial charge in [0.1, 0.15) is 23.4 Å². The lowest BCUT2D eigenvalue weighted by Gasteiger charge is -2.05. The average Bonchev–Trinajstić information content (AvgIpc) is 2.81. The Bertz CT molecular complexity index is 529. The zero-order valence-corrected chi connectivity index (χ0v) is 10.2. The van der Waals surface area contributed by atoms with E-state index in [4.69, 9.17) is 5.26 Å². The normalized spacial score (nSPS) is 9.88. The first-order valence-corrected chi connectivity index (χ1v) is 5.94. The number of hydrogen-bond donors (Lipinski definition) is 1. The highest BCUT2D eigenvalue weighted by Crippen LogP contribution is 2.08. The van der Waals surface area contributed by atoms with Crippen molar-refractivity contribution in [1.29, 1.82) is 5.26 Å². The van der Waals surface area contributed by atoms with E-state index < -0.39 is 0 Å². The smallest absolute Gasteiger partial charge is 0.146 e. The van der Waals surface area contributed by atoms with E-state index in [9.17, 15) is 0 Å². The molecule has 86 valence electrons. The van der Waals surface area contributed by atoms with Gasteiger partial charge in [-0.2, -0.15) is 5.26 Å². The topological polar surface area (TPSA) is 74.5 Å². The Hall–Kier alpha value is -2.00. The molecule has 0 atom stereocenters. The van der Waals surface area contributed by atoms with Gasteiger partial charge in [0.25, 0.3) is 0 Å². The van der Waals surface area contributed by atoms with E-state index in [0.717, 1.165) is 13.0 Å². The largest absolute Gasteiger partial charge is 0.370 e. The molecule has 0 spiro atoms. The predicted molar refractivity (Wildman–Crippen MR) is 65.8 cm³/mol. The van der Waals surface area contributed by atoms with Gasteiger partial charge in [0.15, 0.2) is 0 Å². The molecule has 2 heterocycles. The van der Waals surface area contributed by atoms with Gasteiger partial charge in [0.05, 0.1) is 0 Å². The van der Waals surface area contributed by atoms with Gasteiger partial charge < -0.3 is 5.32 Å². The van der Waals surface area contributed by atoms with Crippen molar-refractivity contribution in [2.24, 2.45) is 0 Å². The molecule has 0 aliphatic carbocycles. The third-order valence-electron chi connectivity index (χ3n) is 2.12. The van der Waals surface area contributed by atoms with Crippen LogP contribution in [0, 0.1) is 18.3 Å². The van der Waals surface area contributed by atoms with Crippen LogP contribution in [0.1, 0.15) is 16.4 Å². The molecule has 0 amide bonds. The van der Waals surface area contributed by atoms with Gasteiger partial charge in [0, 0.05) is 30.1 Å². The zero-order valence-electron chi connectivity index (χ0n) is 9.34. The number of nitrogens with one attached hydrogen (secondary N) is 1. The van der Waals surface area contributed by atoms with Crippen LogP contribution >= 0.6 is 11.5 Å². The highest BCUT2D eigenvalue weighted by molar-refractivity contribution is 7.05. The third kappa shape index (κ3) is 3.23. The maximum absolute atomic E-state index is 8.79. The Morgan fingerprint density at radius 3 is 3.06 bits per heavy atom. The predicted octanol–water partition coefficient (Wildman–Crippen LogP) is 1.77. The second-order valence-corrected chi connectivity index (χ2v) is 4.37. The van der Waals surface area contributed by atoms with Gasteiger partial charge in [-0.25, -0.2) is 14.3 Å². The maximum Gasteiger partial charge on any atom is 0.146 e. The number of aromatic nitrogens is 3. The number of nitrogens with zero attached hydrogens (tertiary/aromatic N) is 4. The first-order chi connectivity index (χ1) is 8.28. The minimum atomic E-state index is 0.387. The highest BCUT2D eigenvalue weighted by Gasteiger charge is 2.01. The number of nitriles is 1. The molecule has 17 heavy (non-hydrogen) atoms. The molecule has 0 unspecified atom stereocenters. The molecule has 1 N–H and O–H groups in total. The molecule has 2 aromatic rings. The van der Waals surface area contributed by atoms with Crippen molar-refractivity contribution in [2.45, 2.75) is 13.3 Å². The molecule has 0 fully saturated rings. The Kier molecular flexibility index (Phi) is 3.62. The molecule has 0 radical (unpaired) electrons. The summed E-state index contributed by atoms with van der Waals surface area (Å²) in [5.74, 6) is 1.29. The SMILES string of the molecule is Cc1nc(C#N)cc(NCCc2ccns2)n1. The zero-order chi connectivity index (χ0) is 12.1. The van der Waals surface area contributed by atoms with Crippen LogP contribution in [0.4, 0.5) is 5.82 Å². The number of rotatable bonds is 4. The van der Waals surface area contributed by atoms with Crippen LogP contribution in [0.15, 0.2) is 18.3 Å². The maximum atomic E-state index is 8.79. The second-order valence-electron chi connectivity index (χ2n) is 3.45. The molecule has 2 aromatic heterocycles. The number of aryl methyl sites for hydroxylation is 1. The fraction of sp³-hybridized carbons (Fsp3) is 0.273. The van der Waals surface area contributed by atoms with Crippen molar-refractivity contribution in [3.8, 4) is 6.07 Å². The summed E-state index contributed by atoms with van der Waals surface area (Å²) in [7, 11) is 0. The molecule has 0 aliphatic rings. The van der Waals surface area contributed by atoms with E-state index >= 15 is 0 Å². The highest BCUT2D eigenvalue weighted by atomic mass is 32.1. The molecule has 0 aliphatic heterocycles. The molecule has 0 saturated heterocycles. The summed E-state index contributed by atoms with van der Waals surface area (Å²) < 4.78 is 4.03. The van der Waals surface area contributed by atoms with Gasteiger partial charge in [-0.15, -0.1) is 0 Å². The first kappa shape index (κ1) is 11.5. The Morgan fingerprint density at radius 1 is 1.47 bits per heavy atom. The van der Waals surface area contributed by atoms with Crippen molar-refractivity contribution < 1.29 is 0 Å². The number of hydrogen-bond acceptors (Lipinski definition) is 6. The molecule has 5 nitrogen and oxygen atoms in total. The van der Waals surface area contributed by atoms with Crippen LogP contribution in [-0.2, 0) is 6.42 Å². The Morgan fingerprint density at radius 2 is 2.35 bits per heavy atom. The van der Waals surface area contributed by atoms with Gasteiger partial charge in [-0.05, 0) is 24.5 Å². The quantitative estimate of drug-likeness (QED) is 0.888. The van der Waals surface area contributed by atoms with Crippen molar-refractivity contribution in [1.82, 2.24) is 14.3 Å². The summed E-state index contributed by atoms with van der Waals surface area (Å²) in [5.41, 5.74) is 0.387. The third-order valence-corrected chi connectivity index (χ3v) is 2.92. The summed E-state index contributed by atoms with van der Waals surface area (Å²) in [6, 6.07) is 5.66. The van der Waals surface area contributed by atoms with Crippen LogP contribution in [0.5, 0.6) is 0 Å². The lowest BCUT2D eigenvalue weighted by atomic mass is 10.3. The first-order valence-electron chi connectivity index (χ1n) is 5.17. The van der Waals surface area contributed by atoms with Crippen molar-refractivity contribution >= 4 is 17.4 Å². The van der Waals surface area contributed by atoms with Crippen molar-refractivity contribution in [3.05, 3.63) is 34.7 Å². The van der Waals surface area contributed by atoms with Gasteiger partial charge in [0.2, 0.25) is 0 Å². The fourth-order valence-corrected chi connectivity index (χ4v) is 1.97. The molecule has 0 aromatic carbocycles. The van der Waals surface area contributed by atoms with Crippen molar-refractivity contribution in [3.63, 3.8) is 0 Å². The van der Waals surface area contributed by atoms with Crippen LogP contribution in [0.2, 0.25) is 0 Å². The van der Waals surface area contributed by atoms with E-state index in [-0.39, 0.29) is 0 Å². The summed E-state index contributed by atoms with van der Waals surface area (Å²) in [6.45, 7) is 2.54. The average molecular weight is 245 g/mol. The number of anilines is 1. The molecule has 6 heteroatoms. The fourth-order valence-electron chi connectivity index (χ4n) is 1.40.